The number of carbonyl (C=O) groups is 2. The minimum absolute atomic E-state index is 0.0950. The Morgan fingerprint density at radius 2 is 1.82 bits per heavy atom. The lowest BCUT2D eigenvalue weighted by molar-refractivity contribution is -0.146. The Bertz CT molecular complexity index is 1290. The lowest BCUT2D eigenvalue weighted by atomic mass is 9.82. The molecule has 5 rings (SSSR count). The van der Waals surface area contributed by atoms with E-state index >= 15 is 0 Å². The molecule has 2 aliphatic rings. The molecule has 1 saturated carbocycles. The van der Waals surface area contributed by atoms with Crippen LogP contribution in [0.25, 0.3) is 10.2 Å². The number of rotatable bonds is 5. The van der Waals surface area contributed by atoms with Crippen LogP contribution in [0, 0.1) is 23.7 Å². The molecule has 1 fully saturated rings. The van der Waals surface area contributed by atoms with Gasteiger partial charge in [0.25, 0.3) is 0 Å². The molecule has 2 heterocycles. The maximum Gasteiger partial charge on any atom is 0.417 e. The molecule has 0 saturated heterocycles. The molecule has 1 aromatic carbocycles. The third-order valence-electron chi connectivity index (χ3n) is 6.02. The molecule has 2 unspecified atom stereocenters. The molecular formula is C22H17F3N4O3S. The fourth-order valence-electron chi connectivity index (χ4n) is 4.59. The van der Waals surface area contributed by atoms with Crippen molar-refractivity contribution in [1.82, 2.24) is 9.97 Å². The molecule has 7 nitrogen and oxygen atoms in total. The fraction of sp³-hybridized carbons (Fsp3) is 0.273. The number of hydrogen-bond acceptors (Lipinski definition) is 6. The SMILES string of the molecule is O=C(Nc1nc2ccc(Nc3cncc(C(F)(F)F)c3)cc2s1)[C@@H]1C2C=CC(C2)[C@@H]1C(=O)O. The molecule has 0 radical (unpaired) electrons. The van der Waals surface area contributed by atoms with E-state index in [9.17, 15) is 27.9 Å². The minimum atomic E-state index is -4.49. The summed E-state index contributed by atoms with van der Waals surface area (Å²) in [7, 11) is 0. The molecule has 0 aliphatic heterocycles. The summed E-state index contributed by atoms with van der Waals surface area (Å²) in [5, 5.41) is 15.5. The third kappa shape index (κ3) is 4.04. The van der Waals surface area contributed by atoms with Crippen LogP contribution in [0.3, 0.4) is 0 Å². The topological polar surface area (TPSA) is 104 Å². The largest absolute Gasteiger partial charge is 0.481 e. The number of nitrogens with one attached hydrogen (secondary N) is 2. The molecule has 1 amide bonds. The van der Waals surface area contributed by atoms with Gasteiger partial charge in [0.05, 0.1) is 39.5 Å². The van der Waals surface area contributed by atoms with E-state index < -0.39 is 29.5 Å². The molecule has 11 heteroatoms. The lowest BCUT2D eigenvalue weighted by Gasteiger charge is -2.23. The first-order chi connectivity index (χ1) is 15.7. The molecule has 33 heavy (non-hydrogen) atoms. The zero-order valence-corrected chi connectivity index (χ0v) is 17.7. The van der Waals surface area contributed by atoms with Crippen LogP contribution in [-0.2, 0) is 15.8 Å². The number of nitrogens with zero attached hydrogens (tertiary/aromatic N) is 2. The van der Waals surface area contributed by atoms with E-state index in [0.29, 0.717) is 27.5 Å². The van der Waals surface area contributed by atoms with E-state index in [1.165, 1.54) is 17.5 Å². The lowest BCUT2D eigenvalue weighted by Crippen LogP contribution is -2.36. The van der Waals surface area contributed by atoms with Crippen LogP contribution in [0.4, 0.5) is 29.7 Å². The zero-order chi connectivity index (χ0) is 23.3. The number of carbonyl (C=O) groups excluding carboxylic acids is 1. The molecule has 3 aromatic rings. The Labute approximate surface area is 189 Å². The maximum atomic E-state index is 12.9. The standard InChI is InChI=1S/C22H17F3N4O3S/c23-22(24,25)12-6-14(9-26-8-12)27-13-3-4-15-16(7-13)33-21(28-15)29-19(30)17-10-1-2-11(5-10)18(17)20(31)32/h1-4,6-11,17-18,27H,5H2,(H,31,32)(H,28,29,30)/t10?,11?,17-,18+/m1/s1. The summed E-state index contributed by atoms with van der Waals surface area (Å²) in [6.45, 7) is 0. The van der Waals surface area contributed by atoms with E-state index in [1.54, 1.807) is 18.2 Å². The van der Waals surface area contributed by atoms with Gasteiger partial charge >= 0.3 is 12.1 Å². The predicted molar refractivity (Wildman–Crippen MR) is 116 cm³/mol. The van der Waals surface area contributed by atoms with Gasteiger partial charge in [-0.15, -0.1) is 0 Å². The van der Waals surface area contributed by atoms with Crippen molar-refractivity contribution >= 4 is 49.9 Å². The summed E-state index contributed by atoms with van der Waals surface area (Å²) in [5.41, 5.74) is 0.470. The summed E-state index contributed by atoms with van der Waals surface area (Å²) < 4.78 is 39.4. The number of carboxylic acid groups (broad SMARTS) is 1. The van der Waals surface area contributed by atoms with Crippen LogP contribution >= 0.6 is 11.3 Å². The highest BCUT2D eigenvalue weighted by molar-refractivity contribution is 7.22. The Hall–Kier alpha value is -3.47. The zero-order valence-electron chi connectivity index (χ0n) is 16.8. The molecular weight excluding hydrogens is 457 g/mol. The van der Waals surface area contributed by atoms with E-state index in [4.69, 9.17) is 0 Å². The number of allylic oxidation sites excluding steroid dienone is 2. The first kappa shape index (κ1) is 21.4. The van der Waals surface area contributed by atoms with Crippen LogP contribution in [0.15, 0.2) is 48.8 Å². The van der Waals surface area contributed by atoms with Gasteiger partial charge in [0.15, 0.2) is 5.13 Å². The highest BCUT2D eigenvalue weighted by Gasteiger charge is 2.51. The van der Waals surface area contributed by atoms with Crippen LogP contribution in [-0.4, -0.2) is 27.0 Å². The number of carboxylic acids is 1. The Morgan fingerprint density at radius 1 is 1.06 bits per heavy atom. The average molecular weight is 474 g/mol. The van der Waals surface area contributed by atoms with Crippen molar-refractivity contribution < 1.29 is 27.9 Å². The number of aliphatic carboxylic acids is 1. The smallest absolute Gasteiger partial charge is 0.417 e. The van der Waals surface area contributed by atoms with Gasteiger partial charge in [0, 0.05) is 11.9 Å². The fourth-order valence-corrected chi connectivity index (χ4v) is 5.50. The molecule has 2 aliphatic carbocycles. The first-order valence-corrected chi connectivity index (χ1v) is 10.9. The van der Waals surface area contributed by atoms with Crippen molar-refractivity contribution in [2.24, 2.45) is 23.7 Å². The molecule has 2 aromatic heterocycles. The van der Waals surface area contributed by atoms with E-state index in [-0.39, 0.29) is 23.4 Å². The Morgan fingerprint density at radius 3 is 2.55 bits per heavy atom. The third-order valence-corrected chi connectivity index (χ3v) is 6.95. The van der Waals surface area contributed by atoms with Crippen molar-refractivity contribution in [2.75, 3.05) is 10.6 Å². The predicted octanol–water partition coefficient (Wildman–Crippen LogP) is 4.92. The highest BCUT2D eigenvalue weighted by Crippen LogP contribution is 2.48. The van der Waals surface area contributed by atoms with Crippen molar-refractivity contribution in [3.63, 3.8) is 0 Å². The van der Waals surface area contributed by atoms with Crippen molar-refractivity contribution in [2.45, 2.75) is 12.6 Å². The number of fused-ring (bicyclic) bond motifs is 3. The number of anilines is 3. The van der Waals surface area contributed by atoms with E-state index in [0.717, 1.165) is 12.3 Å². The number of benzene rings is 1. The maximum absolute atomic E-state index is 12.9. The van der Waals surface area contributed by atoms with Crippen LogP contribution in [0.2, 0.25) is 0 Å². The van der Waals surface area contributed by atoms with Crippen LogP contribution in [0.1, 0.15) is 12.0 Å². The number of thiazole rings is 1. The number of pyridine rings is 1. The summed E-state index contributed by atoms with van der Waals surface area (Å²) in [6, 6.07) is 6.03. The molecule has 3 N–H and O–H groups in total. The van der Waals surface area contributed by atoms with Gasteiger partial charge in [0.1, 0.15) is 0 Å². The number of amides is 1. The second-order valence-corrected chi connectivity index (χ2v) is 9.14. The molecule has 0 spiro atoms. The van der Waals surface area contributed by atoms with Crippen molar-refractivity contribution in [1.29, 1.82) is 0 Å². The number of alkyl halides is 3. The van der Waals surface area contributed by atoms with Gasteiger partial charge in [-0.3, -0.25) is 14.6 Å². The van der Waals surface area contributed by atoms with Crippen LogP contribution in [0.5, 0.6) is 0 Å². The van der Waals surface area contributed by atoms with Gasteiger partial charge in [-0.2, -0.15) is 13.2 Å². The van der Waals surface area contributed by atoms with E-state index in [2.05, 4.69) is 20.6 Å². The molecule has 170 valence electrons. The van der Waals surface area contributed by atoms with Gasteiger partial charge in [0.2, 0.25) is 5.91 Å². The molecule has 4 atom stereocenters. The summed E-state index contributed by atoms with van der Waals surface area (Å²) in [6.07, 6.45) is 2.00. The summed E-state index contributed by atoms with van der Waals surface area (Å²) >= 11 is 1.20. The number of hydrogen-bond donors (Lipinski definition) is 3. The first-order valence-electron chi connectivity index (χ1n) is 10.1. The normalized spacial score (nSPS) is 23.7. The second-order valence-electron chi connectivity index (χ2n) is 8.11. The van der Waals surface area contributed by atoms with Crippen molar-refractivity contribution in [3.8, 4) is 0 Å². The van der Waals surface area contributed by atoms with Crippen LogP contribution < -0.4 is 10.6 Å². The minimum Gasteiger partial charge on any atom is -0.481 e. The van der Waals surface area contributed by atoms with Gasteiger partial charge in [-0.25, -0.2) is 4.98 Å². The summed E-state index contributed by atoms with van der Waals surface area (Å²) in [5.74, 6) is -2.95. The van der Waals surface area contributed by atoms with Gasteiger partial charge in [-0.1, -0.05) is 23.5 Å². The number of halogens is 3. The van der Waals surface area contributed by atoms with Crippen molar-refractivity contribution in [3.05, 3.63) is 54.4 Å². The average Bonchev–Trinajstić information content (AvgIpc) is 3.46. The molecule has 2 bridgehead atoms. The van der Waals surface area contributed by atoms with E-state index in [1.807, 2.05) is 12.2 Å². The quantitative estimate of drug-likeness (QED) is 0.454. The number of aromatic nitrogens is 2. The van der Waals surface area contributed by atoms with Gasteiger partial charge in [-0.05, 0) is 42.5 Å². The van der Waals surface area contributed by atoms with Gasteiger partial charge < -0.3 is 15.7 Å². The summed E-state index contributed by atoms with van der Waals surface area (Å²) in [4.78, 5) is 32.5. The monoisotopic (exact) mass is 474 g/mol. The second kappa shape index (κ2) is 7.84. The highest BCUT2D eigenvalue weighted by atomic mass is 32.1. The Balaban J connectivity index is 1.33. The Kier molecular flexibility index (Phi) is 5.08.